The third-order valence-electron chi connectivity index (χ3n) is 7.47. The number of anilines is 2. The fourth-order valence-corrected chi connectivity index (χ4v) is 5.26. The summed E-state index contributed by atoms with van der Waals surface area (Å²) in [4.78, 5) is 30.0. The van der Waals surface area contributed by atoms with Gasteiger partial charge in [0, 0.05) is 37.6 Å². The van der Waals surface area contributed by atoms with Crippen molar-refractivity contribution >= 4 is 23.3 Å². The highest BCUT2D eigenvalue weighted by molar-refractivity contribution is 6.09. The van der Waals surface area contributed by atoms with Crippen LogP contribution in [0.3, 0.4) is 0 Å². The van der Waals surface area contributed by atoms with Gasteiger partial charge < -0.3 is 15.0 Å². The van der Waals surface area contributed by atoms with Crippen molar-refractivity contribution in [3.8, 4) is 11.1 Å². The van der Waals surface area contributed by atoms with Crippen LogP contribution < -0.4 is 10.2 Å². The first-order valence-electron chi connectivity index (χ1n) is 13.6. The van der Waals surface area contributed by atoms with E-state index in [9.17, 15) is 27.2 Å². The van der Waals surface area contributed by atoms with Crippen molar-refractivity contribution in [3.63, 3.8) is 0 Å². The first-order chi connectivity index (χ1) is 20.7. The van der Waals surface area contributed by atoms with E-state index in [0.29, 0.717) is 31.9 Å². The summed E-state index contributed by atoms with van der Waals surface area (Å²) < 4.78 is 58.9. The molecule has 0 spiro atoms. The second kappa shape index (κ2) is 12.7. The van der Waals surface area contributed by atoms with Crippen LogP contribution in [0.4, 0.5) is 28.9 Å². The first-order valence-corrected chi connectivity index (χ1v) is 13.6. The molecule has 222 valence electrons. The Morgan fingerprint density at radius 1 is 0.814 bits per heavy atom. The lowest BCUT2D eigenvalue weighted by Gasteiger charge is -2.39. The van der Waals surface area contributed by atoms with Gasteiger partial charge in [-0.2, -0.15) is 13.2 Å². The highest BCUT2D eigenvalue weighted by Gasteiger charge is 2.32. The molecule has 5 rings (SSSR count). The van der Waals surface area contributed by atoms with E-state index >= 15 is 0 Å². The highest BCUT2D eigenvalue weighted by Crippen LogP contribution is 2.33. The Balaban J connectivity index is 1.26. The molecule has 1 unspecified atom stereocenters. The predicted octanol–water partition coefficient (Wildman–Crippen LogP) is 6.80. The number of hydrogen-bond acceptors (Lipinski definition) is 5. The average Bonchev–Trinajstić information content (AvgIpc) is 3.02. The van der Waals surface area contributed by atoms with E-state index in [1.165, 1.54) is 31.4 Å². The number of piperazine rings is 1. The van der Waals surface area contributed by atoms with Crippen LogP contribution in [0.5, 0.6) is 0 Å². The first kappa shape index (κ1) is 29.8. The average molecular weight is 592 g/mol. The normalized spacial score (nSPS) is 14.7. The van der Waals surface area contributed by atoms with E-state index in [4.69, 9.17) is 4.74 Å². The second-order valence-corrected chi connectivity index (χ2v) is 10.1. The van der Waals surface area contributed by atoms with Crippen molar-refractivity contribution in [2.75, 3.05) is 43.5 Å². The molecule has 0 aromatic heterocycles. The summed E-state index contributed by atoms with van der Waals surface area (Å²) in [5, 5.41) is 2.70. The van der Waals surface area contributed by atoms with Crippen LogP contribution in [0.15, 0.2) is 97.1 Å². The van der Waals surface area contributed by atoms with Gasteiger partial charge in [-0.25, -0.2) is 9.18 Å². The van der Waals surface area contributed by atoms with Crippen molar-refractivity contribution in [1.29, 1.82) is 0 Å². The molecule has 0 bridgehead atoms. The number of halogens is 4. The van der Waals surface area contributed by atoms with Crippen LogP contribution in [-0.4, -0.2) is 50.1 Å². The summed E-state index contributed by atoms with van der Waals surface area (Å²) in [5.41, 5.74) is 1.60. The molecule has 1 heterocycles. The molecule has 1 amide bonds. The molecule has 4 aromatic carbocycles. The molecular weight excluding hydrogens is 562 g/mol. The summed E-state index contributed by atoms with van der Waals surface area (Å²) in [6.07, 6.45) is -4.51. The Morgan fingerprint density at radius 3 is 2.07 bits per heavy atom. The summed E-state index contributed by atoms with van der Waals surface area (Å²) in [6.45, 7) is 2.59. The monoisotopic (exact) mass is 591 g/mol. The lowest BCUT2D eigenvalue weighted by Crippen LogP contribution is -2.49. The number of ether oxygens (including phenoxy) is 1. The van der Waals surface area contributed by atoms with Crippen LogP contribution in [0.1, 0.15) is 27.5 Å². The molecule has 0 aliphatic carbocycles. The molecule has 43 heavy (non-hydrogen) atoms. The van der Waals surface area contributed by atoms with Gasteiger partial charge in [-0.1, -0.05) is 54.6 Å². The van der Waals surface area contributed by atoms with E-state index in [1.54, 1.807) is 12.1 Å². The fourth-order valence-electron chi connectivity index (χ4n) is 5.26. The number of nitrogens with zero attached hydrogens (tertiary/aromatic N) is 2. The van der Waals surface area contributed by atoms with Crippen molar-refractivity contribution in [2.24, 2.45) is 0 Å². The molecule has 6 nitrogen and oxygen atoms in total. The van der Waals surface area contributed by atoms with Crippen LogP contribution in [0.25, 0.3) is 11.1 Å². The number of hydrogen-bond donors (Lipinski definition) is 1. The SMILES string of the molecule is COC(=O)C(c1ccccc1)N1CCN(c2ccc(NC(=O)c3c(F)cccc3-c3ccc(C(F)(F)F)cc3)cc2)CC1. The Hall–Kier alpha value is -4.70. The van der Waals surface area contributed by atoms with Crippen molar-refractivity contribution < 1.29 is 31.9 Å². The van der Waals surface area contributed by atoms with Gasteiger partial charge in [0.15, 0.2) is 0 Å². The lowest BCUT2D eigenvalue weighted by atomic mass is 9.97. The Morgan fingerprint density at radius 2 is 1.47 bits per heavy atom. The topological polar surface area (TPSA) is 61.9 Å². The molecule has 1 aliphatic heterocycles. The molecule has 1 aliphatic rings. The van der Waals surface area contributed by atoms with Gasteiger partial charge in [0.1, 0.15) is 11.9 Å². The lowest BCUT2D eigenvalue weighted by molar-refractivity contribution is -0.147. The number of carbonyl (C=O) groups is 2. The van der Waals surface area contributed by atoms with E-state index in [1.807, 2.05) is 42.5 Å². The fraction of sp³-hybridized carbons (Fsp3) is 0.212. The zero-order valence-electron chi connectivity index (χ0n) is 23.3. The summed E-state index contributed by atoms with van der Waals surface area (Å²) in [7, 11) is 1.39. The van der Waals surface area contributed by atoms with Crippen LogP contribution in [0, 0.1) is 5.82 Å². The molecule has 0 saturated carbocycles. The minimum absolute atomic E-state index is 0.182. The molecular formula is C33H29F4N3O3. The van der Waals surface area contributed by atoms with Crippen LogP contribution >= 0.6 is 0 Å². The minimum atomic E-state index is -4.51. The zero-order valence-corrected chi connectivity index (χ0v) is 23.3. The Labute approximate surface area is 246 Å². The summed E-state index contributed by atoms with van der Waals surface area (Å²) in [5.74, 6) is -1.81. The second-order valence-electron chi connectivity index (χ2n) is 10.1. The van der Waals surface area contributed by atoms with E-state index in [0.717, 1.165) is 29.4 Å². The quantitative estimate of drug-likeness (QED) is 0.189. The molecule has 0 radical (unpaired) electrons. The van der Waals surface area contributed by atoms with Crippen LogP contribution in [0.2, 0.25) is 0 Å². The third-order valence-corrected chi connectivity index (χ3v) is 7.47. The number of alkyl halides is 3. The molecule has 1 fully saturated rings. The number of methoxy groups -OCH3 is 1. The van der Waals surface area contributed by atoms with Crippen molar-refractivity contribution in [2.45, 2.75) is 12.2 Å². The van der Waals surface area contributed by atoms with Gasteiger partial charge in [-0.3, -0.25) is 9.69 Å². The molecule has 1 N–H and O–H groups in total. The van der Waals surface area contributed by atoms with Gasteiger partial charge in [0.25, 0.3) is 5.91 Å². The highest BCUT2D eigenvalue weighted by atomic mass is 19.4. The third kappa shape index (κ3) is 6.70. The van der Waals surface area contributed by atoms with Gasteiger partial charge in [0.05, 0.1) is 18.2 Å². The Bertz CT molecular complexity index is 1570. The molecule has 4 aromatic rings. The van der Waals surface area contributed by atoms with E-state index in [-0.39, 0.29) is 22.7 Å². The standard InChI is InChI=1S/C33H29F4N3O3/c1-43-32(42)30(23-6-3-2-4-7-23)40-20-18-39(19-21-40)26-16-14-25(15-17-26)38-31(41)29-27(8-5-9-28(29)34)22-10-12-24(13-11-22)33(35,36)37/h2-17,30H,18-21H2,1H3,(H,38,41). The molecule has 10 heteroatoms. The number of esters is 1. The maximum atomic E-state index is 14.9. The zero-order chi connectivity index (χ0) is 30.6. The van der Waals surface area contributed by atoms with E-state index in [2.05, 4.69) is 15.1 Å². The van der Waals surface area contributed by atoms with Gasteiger partial charge in [0.2, 0.25) is 0 Å². The summed E-state index contributed by atoms with van der Waals surface area (Å²) in [6, 6.07) is 24.4. The van der Waals surface area contributed by atoms with Gasteiger partial charge >= 0.3 is 12.1 Å². The molecule has 1 saturated heterocycles. The smallest absolute Gasteiger partial charge is 0.416 e. The largest absolute Gasteiger partial charge is 0.468 e. The maximum Gasteiger partial charge on any atom is 0.416 e. The van der Waals surface area contributed by atoms with Gasteiger partial charge in [-0.15, -0.1) is 0 Å². The number of nitrogens with one attached hydrogen (secondary N) is 1. The molecule has 1 atom stereocenters. The Kier molecular flexibility index (Phi) is 8.77. The summed E-state index contributed by atoms with van der Waals surface area (Å²) >= 11 is 0. The van der Waals surface area contributed by atoms with E-state index < -0.39 is 29.5 Å². The van der Waals surface area contributed by atoms with Crippen molar-refractivity contribution in [1.82, 2.24) is 4.90 Å². The number of rotatable bonds is 7. The van der Waals surface area contributed by atoms with Crippen LogP contribution in [-0.2, 0) is 15.7 Å². The minimum Gasteiger partial charge on any atom is -0.468 e. The number of benzene rings is 4. The predicted molar refractivity (Wildman–Crippen MR) is 156 cm³/mol. The maximum absolute atomic E-state index is 14.9. The van der Waals surface area contributed by atoms with Crippen molar-refractivity contribution in [3.05, 3.63) is 120 Å². The number of amides is 1. The van der Waals surface area contributed by atoms with Gasteiger partial charge in [-0.05, 0) is 59.2 Å². The number of carbonyl (C=O) groups excluding carboxylic acids is 2.